The highest BCUT2D eigenvalue weighted by Crippen LogP contribution is 2.18. The summed E-state index contributed by atoms with van der Waals surface area (Å²) in [5.41, 5.74) is 0.286. The van der Waals surface area contributed by atoms with E-state index in [0.717, 1.165) is 17.4 Å². The number of unbranched alkanes of at least 4 members (excludes halogenated alkanes) is 11. The van der Waals surface area contributed by atoms with Crippen LogP contribution in [0.3, 0.4) is 0 Å². The molecule has 0 aromatic heterocycles. The van der Waals surface area contributed by atoms with Crippen LogP contribution < -0.4 is 0 Å². The largest absolute Gasteiger partial charge is 0.349 e. The smallest absolute Gasteiger partial charge is 0.178 e. The molecule has 0 aromatic carbocycles. The highest BCUT2D eigenvalue weighted by atomic mass is 31.1. The molecule has 1 atom stereocenters. The Morgan fingerprint density at radius 3 is 1.89 bits per heavy atom. The van der Waals surface area contributed by atoms with Crippen molar-refractivity contribution in [1.82, 2.24) is 0 Å². The zero-order valence-electron chi connectivity index (χ0n) is 18.7. The standard InChI is InChI=1S/C23H47NO2P/c1-5-6-7-8-9-10-11-12-13-14-15-16-17-18-19-20-23(25)27-26-22-21-24(2,3)4/h12-13,27H,5-11,14-22H2,1-4H3/q+1. The molecule has 0 radical (unpaired) electrons. The summed E-state index contributed by atoms with van der Waals surface area (Å²) in [4.78, 5) is 11.8. The molecular weight excluding hydrogens is 353 g/mol. The fraction of sp³-hybridized carbons (Fsp3) is 0.870. The van der Waals surface area contributed by atoms with E-state index < -0.39 is 0 Å². The number of hydrogen-bond acceptors (Lipinski definition) is 2. The summed E-state index contributed by atoms with van der Waals surface area (Å²) in [6.07, 6.45) is 22.2. The third kappa shape index (κ3) is 23.7. The molecule has 160 valence electrons. The summed E-state index contributed by atoms with van der Waals surface area (Å²) < 4.78 is 6.38. The quantitative estimate of drug-likeness (QED) is 0.0965. The van der Waals surface area contributed by atoms with E-state index in [1.165, 1.54) is 77.0 Å². The van der Waals surface area contributed by atoms with E-state index in [2.05, 4.69) is 40.2 Å². The number of likely N-dealkylation sites (N-methyl/N-ethyl adjacent to an activating group) is 1. The fourth-order valence-electron chi connectivity index (χ4n) is 2.86. The maximum atomic E-state index is 11.8. The van der Waals surface area contributed by atoms with Gasteiger partial charge < -0.3 is 9.01 Å². The van der Waals surface area contributed by atoms with Crippen LogP contribution >= 0.6 is 8.81 Å². The van der Waals surface area contributed by atoms with E-state index in [0.29, 0.717) is 13.0 Å². The Balaban J connectivity index is 3.26. The zero-order valence-corrected chi connectivity index (χ0v) is 19.7. The molecule has 0 rings (SSSR count). The monoisotopic (exact) mass is 400 g/mol. The molecule has 0 aliphatic heterocycles. The molecule has 0 N–H and O–H groups in total. The van der Waals surface area contributed by atoms with Gasteiger partial charge in [0, 0.05) is 6.42 Å². The predicted octanol–water partition coefficient (Wildman–Crippen LogP) is 6.87. The molecule has 0 fully saturated rings. The van der Waals surface area contributed by atoms with Gasteiger partial charge in [0.15, 0.2) is 5.52 Å². The van der Waals surface area contributed by atoms with Crippen LogP contribution in [-0.4, -0.2) is 44.3 Å². The number of rotatable bonds is 20. The molecule has 0 aromatic rings. The lowest BCUT2D eigenvalue weighted by atomic mass is 10.1. The zero-order chi connectivity index (χ0) is 20.2. The number of hydrogen-bond donors (Lipinski definition) is 0. The maximum Gasteiger partial charge on any atom is 0.178 e. The van der Waals surface area contributed by atoms with Gasteiger partial charge in [0.1, 0.15) is 13.2 Å². The van der Waals surface area contributed by atoms with Crippen molar-refractivity contribution in [2.75, 3.05) is 34.3 Å². The Morgan fingerprint density at radius 1 is 0.815 bits per heavy atom. The number of allylic oxidation sites excluding steroid dienone is 2. The molecule has 27 heavy (non-hydrogen) atoms. The van der Waals surface area contributed by atoms with Crippen LogP contribution in [0.5, 0.6) is 0 Å². The summed E-state index contributed by atoms with van der Waals surface area (Å²) >= 11 is 0. The molecule has 4 heteroatoms. The number of carbonyl (C=O) groups is 1. The Hall–Kier alpha value is -0.240. The first-order valence-electron chi connectivity index (χ1n) is 11.3. The summed E-state index contributed by atoms with van der Waals surface area (Å²) in [5, 5.41) is 0. The van der Waals surface area contributed by atoms with Crippen LogP contribution in [0.4, 0.5) is 0 Å². The minimum absolute atomic E-state index is 0.0448. The predicted molar refractivity (Wildman–Crippen MR) is 122 cm³/mol. The molecular formula is C23H47NO2P+. The van der Waals surface area contributed by atoms with E-state index >= 15 is 0 Å². The Labute approximate surface area is 171 Å². The summed E-state index contributed by atoms with van der Waals surface area (Å²) in [6.45, 7) is 3.90. The topological polar surface area (TPSA) is 26.3 Å². The number of quaternary nitrogens is 1. The van der Waals surface area contributed by atoms with Crippen molar-refractivity contribution in [3.63, 3.8) is 0 Å². The van der Waals surface area contributed by atoms with Crippen LogP contribution in [-0.2, 0) is 9.32 Å². The third-order valence-electron chi connectivity index (χ3n) is 4.72. The lowest BCUT2D eigenvalue weighted by Crippen LogP contribution is -2.37. The first-order chi connectivity index (χ1) is 13.0. The summed E-state index contributed by atoms with van der Waals surface area (Å²) in [5.74, 6) is 0. The van der Waals surface area contributed by atoms with Crippen LogP contribution in [0.25, 0.3) is 0 Å². The second-order valence-electron chi connectivity index (χ2n) is 8.72. The maximum absolute atomic E-state index is 11.8. The highest BCUT2D eigenvalue weighted by Gasteiger charge is 2.07. The molecule has 0 spiro atoms. The molecule has 0 aliphatic rings. The van der Waals surface area contributed by atoms with Gasteiger partial charge in [-0.25, -0.2) is 0 Å². The van der Waals surface area contributed by atoms with Crippen LogP contribution in [0.2, 0.25) is 0 Å². The fourth-order valence-corrected chi connectivity index (χ4v) is 3.49. The first kappa shape index (κ1) is 26.8. The second-order valence-corrected chi connectivity index (χ2v) is 9.77. The average molecular weight is 401 g/mol. The van der Waals surface area contributed by atoms with E-state index in [1.54, 1.807) is 0 Å². The molecule has 0 bridgehead atoms. The van der Waals surface area contributed by atoms with Crippen molar-refractivity contribution in [1.29, 1.82) is 0 Å². The lowest BCUT2D eigenvalue weighted by molar-refractivity contribution is -0.870. The van der Waals surface area contributed by atoms with E-state index in [-0.39, 0.29) is 14.3 Å². The van der Waals surface area contributed by atoms with Crippen LogP contribution in [0.1, 0.15) is 96.8 Å². The molecule has 0 amide bonds. The van der Waals surface area contributed by atoms with Crippen molar-refractivity contribution >= 4 is 14.3 Å². The van der Waals surface area contributed by atoms with Crippen molar-refractivity contribution in [2.45, 2.75) is 96.8 Å². The summed E-state index contributed by atoms with van der Waals surface area (Å²) in [6, 6.07) is 0. The van der Waals surface area contributed by atoms with Crippen molar-refractivity contribution in [2.24, 2.45) is 0 Å². The molecule has 0 saturated heterocycles. The Bertz CT molecular complexity index is 364. The molecule has 3 nitrogen and oxygen atoms in total. The van der Waals surface area contributed by atoms with Crippen LogP contribution in [0, 0.1) is 0 Å². The minimum Gasteiger partial charge on any atom is -0.349 e. The van der Waals surface area contributed by atoms with Gasteiger partial charge in [0.2, 0.25) is 0 Å². The van der Waals surface area contributed by atoms with Gasteiger partial charge in [-0.1, -0.05) is 70.4 Å². The van der Waals surface area contributed by atoms with Crippen molar-refractivity contribution in [3.8, 4) is 0 Å². The van der Waals surface area contributed by atoms with E-state index in [9.17, 15) is 4.79 Å². The molecule has 0 aliphatic carbocycles. The van der Waals surface area contributed by atoms with Gasteiger partial charge in [-0.2, -0.15) is 0 Å². The third-order valence-corrected chi connectivity index (χ3v) is 5.54. The summed E-state index contributed by atoms with van der Waals surface area (Å²) in [7, 11) is 6.46. The molecule has 0 heterocycles. The van der Waals surface area contributed by atoms with Gasteiger partial charge in [0.25, 0.3) is 0 Å². The average Bonchev–Trinajstić information content (AvgIpc) is 2.61. The first-order valence-corrected chi connectivity index (χ1v) is 12.2. The normalized spacial score (nSPS) is 12.6. The van der Waals surface area contributed by atoms with E-state index in [1.807, 2.05) is 0 Å². The van der Waals surface area contributed by atoms with Gasteiger partial charge in [-0.15, -0.1) is 0 Å². The van der Waals surface area contributed by atoms with Crippen molar-refractivity contribution < 1.29 is 13.8 Å². The minimum atomic E-state index is 0.0448. The van der Waals surface area contributed by atoms with Gasteiger partial charge >= 0.3 is 0 Å². The Morgan fingerprint density at radius 2 is 1.33 bits per heavy atom. The van der Waals surface area contributed by atoms with E-state index in [4.69, 9.17) is 4.52 Å². The SMILES string of the molecule is CCCCCCCCC=CCCCCCCCC(=O)POCC[N+](C)(C)C. The van der Waals surface area contributed by atoms with Gasteiger partial charge in [-0.3, -0.25) is 4.79 Å². The Kier molecular flexibility index (Phi) is 18.9. The van der Waals surface area contributed by atoms with Crippen molar-refractivity contribution in [3.05, 3.63) is 12.2 Å². The molecule has 0 saturated carbocycles. The van der Waals surface area contributed by atoms with Gasteiger partial charge in [0.05, 0.1) is 30.0 Å². The lowest BCUT2D eigenvalue weighted by Gasteiger charge is -2.23. The number of carbonyl (C=O) groups excluding carboxylic acids is 1. The number of nitrogens with zero attached hydrogens (tertiary/aromatic N) is 1. The molecule has 1 unspecified atom stereocenters. The highest BCUT2D eigenvalue weighted by molar-refractivity contribution is 7.53. The van der Waals surface area contributed by atoms with Gasteiger partial charge in [-0.05, 0) is 32.1 Å². The van der Waals surface area contributed by atoms with Crippen LogP contribution in [0.15, 0.2) is 12.2 Å². The second kappa shape index (κ2) is 19.1.